The Morgan fingerprint density at radius 2 is 2.19 bits per heavy atom. The van der Waals surface area contributed by atoms with E-state index in [1.54, 1.807) is 0 Å². The zero-order valence-electron chi connectivity index (χ0n) is 11.9. The van der Waals surface area contributed by atoms with Gasteiger partial charge in [-0.15, -0.1) is 0 Å². The van der Waals surface area contributed by atoms with E-state index in [1.165, 1.54) is 4.90 Å². The maximum Gasteiger partial charge on any atom is 0.318 e. The van der Waals surface area contributed by atoms with Crippen molar-refractivity contribution < 1.29 is 27.9 Å². The van der Waals surface area contributed by atoms with E-state index in [9.17, 15) is 18.0 Å². The highest BCUT2D eigenvalue weighted by Crippen LogP contribution is 2.20. The van der Waals surface area contributed by atoms with Gasteiger partial charge in [-0.1, -0.05) is 0 Å². The highest BCUT2D eigenvalue weighted by atomic mass is 32.2. The smallest absolute Gasteiger partial charge is 0.318 e. The number of amides is 2. The van der Waals surface area contributed by atoms with Gasteiger partial charge in [0.05, 0.1) is 36.1 Å². The molecule has 2 saturated heterocycles. The average Bonchev–Trinajstić information content (AvgIpc) is 2.73. The van der Waals surface area contributed by atoms with Crippen LogP contribution in [0.5, 0.6) is 0 Å². The average molecular weight is 320 g/mol. The summed E-state index contributed by atoms with van der Waals surface area (Å²) in [5.74, 6) is -1.56. The molecule has 0 bridgehead atoms. The second-order valence-electron chi connectivity index (χ2n) is 5.85. The Morgan fingerprint density at radius 3 is 2.76 bits per heavy atom. The van der Waals surface area contributed by atoms with E-state index in [1.807, 2.05) is 6.92 Å². The van der Waals surface area contributed by atoms with Gasteiger partial charge in [0.25, 0.3) is 0 Å². The Kier molecular flexibility index (Phi) is 4.43. The van der Waals surface area contributed by atoms with Crippen LogP contribution in [-0.4, -0.2) is 73.3 Å². The third kappa shape index (κ3) is 4.07. The molecule has 2 rings (SSSR count). The minimum atomic E-state index is -3.30. The summed E-state index contributed by atoms with van der Waals surface area (Å²) in [6.45, 7) is 2.83. The third-order valence-electron chi connectivity index (χ3n) is 3.83. The Bertz CT molecular complexity index is 526. The first kappa shape index (κ1) is 16.0. The molecule has 2 unspecified atom stereocenters. The van der Waals surface area contributed by atoms with Crippen LogP contribution in [0.1, 0.15) is 19.8 Å². The van der Waals surface area contributed by atoms with Crippen molar-refractivity contribution >= 4 is 21.8 Å². The molecule has 2 fully saturated rings. The van der Waals surface area contributed by atoms with Gasteiger partial charge in [-0.25, -0.2) is 13.2 Å². The number of sulfone groups is 1. The van der Waals surface area contributed by atoms with Gasteiger partial charge < -0.3 is 20.1 Å². The van der Waals surface area contributed by atoms with Crippen molar-refractivity contribution in [2.45, 2.75) is 31.3 Å². The lowest BCUT2D eigenvalue weighted by Crippen LogP contribution is -2.59. The molecule has 9 heteroatoms. The molecule has 2 N–H and O–H groups in total. The molecule has 2 aliphatic heterocycles. The van der Waals surface area contributed by atoms with Crippen molar-refractivity contribution in [3.63, 3.8) is 0 Å². The van der Waals surface area contributed by atoms with Gasteiger partial charge in [0.2, 0.25) is 0 Å². The van der Waals surface area contributed by atoms with Crippen LogP contribution in [0.3, 0.4) is 0 Å². The lowest BCUT2D eigenvalue weighted by Gasteiger charge is -2.37. The van der Waals surface area contributed by atoms with E-state index in [-0.39, 0.29) is 24.5 Å². The van der Waals surface area contributed by atoms with E-state index in [2.05, 4.69) is 5.32 Å². The third-order valence-corrected chi connectivity index (χ3v) is 5.53. The van der Waals surface area contributed by atoms with Crippen molar-refractivity contribution in [3.8, 4) is 0 Å². The molecule has 120 valence electrons. The molecule has 21 heavy (non-hydrogen) atoms. The summed E-state index contributed by atoms with van der Waals surface area (Å²) in [5, 5.41) is 11.7. The number of carboxylic acid groups (broad SMARTS) is 1. The number of hydrogen-bond acceptors (Lipinski definition) is 5. The summed E-state index contributed by atoms with van der Waals surface area (Å²) in [5.41, 5.74) is -0.485. The number of hydrogen-bond donors (Lipinski definition) is 2. The summed E-state index contributed by atoms with van der Waals surface area (Å²) in [4.78, 5) is 24.5. The first-order valence-corrected chi connectivity index (χ1v) is 8.62. The first-order chi connectivity index (χ1) is 9.71. The number of ether oxygens (including phenoxy) is 1. The first-order valence-electron chi connectivity index (χ1n) is 6.80. The Morgan fingerprint density at radius 1 is 1.48 bits per heavy atom. The second kappa shape index (κ2) is 5.80. The number of carbonyl (C=O) groups excluding carboxylic acids is 1. The van der Waals surface area contributed by atoms with E-state index >= 15 is 0 Å². The fourth-order valence-electron chi connectivity index (χ4n) is 2.62. The number of urea groups is 1. The highest BCUT2D eigenvalue weighted by molar-refractivity contribution is 7.91. The Labute approximate surface area is 123 Å². The molecule has 2 atom stereocenters. The Balaban J connectivity index is 2.08. The maximum atomic E-state index is 12.3. The maximum absolute atomic E-state index is 12.3. The number of nitrogens with zero attached hydrogens (tertiary/aromatic N) is 1. The number of carboxylic acids is 1. The highest BCUT2D eigenvalue weighted by Gasteiger charge is 2.38. The van der Waals surface area contributed by atoms with E-state index < -0.39 is 33.4 Å². The van der Waals surface area contributed by atoms with Gasteiger partial charge in [0.15, 0.2) is 9.84 Å². The standard InChI is InChI=1S/C12H20N2O6S/c1-12(2-4-20-8-12)13-11(17)14-3-5-21(18,19)7-9(14)6-10(15)16/h9H,2-8H2,1H3,(H,13,17)(H,15,16). The van der Waals surface area contributed by atoms with Crippen molar-refractivity contribution in [3.05, 3.63) is 0 Å². The molecule has 2 heterocycles. The number of nitrogens with one attached hydrogen (secondary N) is 1. The monoisotopic (exact) mass is 320 g/mol. The fraction of sp³-hybridized carbons (Fsp3) is 0.833. The fourth-order valence-corrected chi connectivity index (χ4v) is 4.15. The van der Waals surface area contributed by atoms with Crippen LogP contribution < -0.4 is 5.32 Å². The van der Waals surface area contributed by atoms with Crippen molar-refractivity contribution in [2.24, 2.45) is 0 Å². The summed E-state index contributed by atoms with van der Waals surface area (Å²) < 4.78 is 28.5. The van der Waals surface area contributed by atoms with Crippen LogP contribution in [0.15, 0.2) is 0 Å². The van der Waals surface area contributed by atoms with Gasteiger partial charge in [-0.3, -0.25) is 4.79 Å². The normalized spacial score (nSPS) is 31.9. The molecule has 2 amide bonds. The SMILES string of the molecule is CC1(NC(=O)N2CCS(=O)(=O)CC2CC(=O)O)CCOC1. The van der Waals surface area contributed by atoms with Gasteiger partial charge in [-0.05, 0) is 13.3 Å². The van der Waals surface area contributed by atoms with E-state index in [0.29, 0.717) is 19.6 Å². The van der Waals surface area contributed by atoms with Gasteiger partial charge in [0, 0.05) is 13.2 Å². The lowest BCUT2D eigenvalue weighted by molar-refractivity contribution is -0.138. The lowest BCUT2D eigenvalue weighted by atomic mass is 10.0. The van der Waals surface area contributed by atoms with Crippen molar-refractivity contribution in [1.82, 2.24) is 10.2 Å². The molecule has 0 aromatic rings. The van der Waals surface area contributed by atoms with E-state index in [4.69, 9.17) is 9.84 Å². The topological polar surface area (TPSA) is 113 Å². The summed E-state index contributed by atoms with van der Waals surface area (Å²) >= 11 is 0. The van der Waals surface area contributed by atoms with Crippen LogP contribution >= 0.6 is 0 Å². The molecular weight excluding hydrogens is 300 g/mol. The number of carbonyl (C=O) groups is 2. The van der Waals surface area contributed by atoms with Crippen LogP contribution in [-0.2, 0) is 19.4 Å². The summed E-state index contributed by atoms with van der Waals surface area (Å²) in [7, 11) is -3.30. The van der Waals surface area contributed by atoms with Crippen LogP contribution in [0, 0.1) is 0 Å². The second-order valence-corrected chi connectivity index (χ2v) is 8.08. The predicted molar refractivity (Wildman–Crippen MR) is 73.8 cm³/mol. The van der Waals surface area contributed by atoms with E-state index in [0.717, 1.165) is 0 Å². The Hall–Kier alpha value is -1.35. The van der Waals surface area contributed by atoms with Crippen LogP contribution in [0.4, 0.5) is 4.79 Å². The molecule has 0 saturated carbocycles. The predicted octanol–water partition coefficient (Wildman–Crippen LogP) is -0.551. The van der Waals surface area contributed by atoms with Crippen LogP contribution in [0.2, 0.25) is 0 Å². The quantitative estimate of drug-likeness (QED) is 0.721. The molecule has 0 aliphatic carbocycles. The number of rotatable bonds is 3. The molecular formula is C12H20N2O6S. The zero-order chi connectivity index (χ0) is 15.7. The summed E-state index contributed by atoms with van der Waals surface area (Å²) in [6, 6.07) is -1.25. The molecule has 0 aromatic carbocycles. The van der Waals surface area contributed by atoms with Gasteiger partial charge in [0.1, 0.15) is 0 Å². The van der Waals surface area contributed by atoms with Crippen LogP contribution in [0.25, 0.3) is 0 Å². The molecule has 0 aromatic heterocycles. The van der Waals surface area contributed by atoms with Gasteiger partial charge >= 0.3 is 12.0 Å². The molecule has 8 nitrogen and oxygen atoms in total. The zero-order valence-corrected chi connectivity index (χ0v) is 12.7. The molecule has 2 aliphatic rings. The van der Waals surface area contributed by atoms with Gasteiger partial charge in [-0.2, -0.15) is 0 Å². The van der Waals surface area contributed by atoms with Crippen molar-refractivity contribution in [1.29, 1.82) is 0 Å². The minimum absolute atomic E-state index is 0.0169. The number of aliphatic carboxylic acids is 1. The summed E-state index contributed by atoms with van der Waals surface area (Å²) in [6.07, 6.45) is 0.300. The van der Waals surface area contributed by atoms with Crippen molar-refractivity contribution in [2.75, 3.05) is 31.3 Å². The minimum Gasteiger partial charge on any atom is -0.481 e. The molecule has 0 spiro atoms. The molecule has 0 radical (unpaired) electrons. The largest absolute Gasteiger partial charge is 0.481 e.